The molecule has 0 amide bonds. The Kier molecular flexibility index (Phi) is 4.33. The van der Waals surface area contributed by atoms with Crippen LogP contribution < -0.4 is 5.56 Å². The van der Waals surface area contributed by atoms with E-state index in [0.29, 0.717) is 10.0 Å². The Hall–Kier alpha value is -0.550. The van der Waals surface area contributed by atoms with Gasteiger partial charge < -0.3 is 0 Å². The van der Waals surface area contributed by atoms with E-state index in [9.17, 15) is 4.79 Å². The van der Waals surface area contributed by atoms with Crippen molar-refractivity contribution >= 4 is 50.7 Å². The van der Waals surface area contributed by atoms with E-state index in [4.69, 9.17) is 34.8 Å². The van der Waals surface area contributed by atoms with Gasteiger partial charge in [-0.15, -0.1) is 0 Å². The first-order valence-corrected chi connectivity index (χ1v) is 6.76. The highest BCUT2D eigenvalue weighted by molar-refractivity contribution is 9.10. The summed E-state index contributed by atoms with van der Waals surface area (Å²) >= 11 is 20.8. The van der Waals surface area contributed by atoms with Crippen molar-refractivity contribution in [2.75, 3.05) is 0 Å². The summed E-state index contributed by atoms with van der Waals surface area (Å²) in [6, 6.07) is 5.25. The molecule has 2 aromatic rings. The molecule has 0 saturated carbocycles. The van der Waals surface area contributed by atoms with Gasteiger partial charge in [-0.25, -0.2) is 4.98 Å². The predicted octanol–water partition coefficient (Wildman–Crippen LogP) is 4.01. The average Bonchev–Trinajstić information content (AvgIpc) is 2.35. The molecule has 0 aliphatic heterocycles. The lowest BCUT2D eigenvalue weighted by Crippen LogP contribution is -2.22. The van der Waals surface area contributed by atoms with Gasteiger partial charge in [0.2, 0.25) is 0 Å². The largest absolute Gasteiger partial charge is 0.294 e. The summed E-state index contributed by atoms with van der Waals surface area (Å²) in [6.07, 6.45) is 1.37. The minimum Gasteiger partial charge on any atom is -0.294 e. The summed E-state index contributed by atoms with van der Waals surface area (Å²) in [5.41, 5.74) is 0.466. The molecular weight excluding hydrogens is 362 g/mol. The van der Waals surface area contributed by atoms with Gasteiger partial charge in [-0.1, -0.05) is 46.9 Å². The molecular formula is C11H6BrCl3N2O. The number of halogens is 4. The molecule has 0 atom stereocenters. The zero-order chi connectivity index (χ0) is 13.3. The number of hydrogen-bond acceptors (Lipinski definition) is 2. The minimum atomic E-state index is -0.272. The first kappa shape index (κ1) is 13.9. The standard InChI is InChI=1S/C11H6BrCl3N2O/c12-8-10(15)16-5-17(11(8)18)4-6-2-1-3-7(13)9(6)14/h1-3,5H,4H2. The van der Waals surface area contributed by atoms with Crippen LogP contribution in [0.1, 0.15) is 5.56 Å². The molecule has 18 heavy (non-hydrogen) atoms. The Morgan fingerprint density at radius 1 is 1.28 bits per heavy atom. The Balaban J connectivity index is 2.44. The van der Waals surface area contributed by atoms with Gasteiger partial charge in [0, 0.05) is 0 Å². The van der Waals surface area contributed by atoms with Gasteiger partial charge in [0.1, 0.15) is 4.47 Å². The van der Waals surface area contributed by atoms with Crippen LogP contribution in [0, 0.1) is 0 Å². The third-order valence-corrected chi connectivity index (χ3v) is 4.40. The molecule has 0 aliphatic carbocycles. The molecule has 2 rings (SSSR count). The van der Waals surface area contributed by atoms with Gasteiger partial charge in [-0.2, -0.15) is 0 Å². The summed E-state index contributed by atoms with van der Waals surface area (Å²) in [5, 5.41) is 1.01. The molecule has 1 aromatic carbocycles. The lowest BCUT2D eigenvalue weighted by molar-refractivity contribution is 0.731. The fourth-order valence-corrected chi connectivity index (χ4v) is 2.25. The number of rotatable bonds is 2. The minimum absolute atomic E-state index is 0.133. The summed E-state index contributed by atoms with van der Waals surface area (Å²) < 4.78 is 1.62. The Morgan fingerprint density at radius 2 is 2.00 bits per heavy atom. The number of nitrogens with zero attached hydrogens (tertiary/aromatic N) is 2. The molecule has 0 N–H and O–H groups in total. The number of hydrogen-bond donors (Lipinski definition) is 0. The van der Waals surface area contributed by atoms with E-state index in [1.807, 2.05) is 0 Å². The topological polar surface area (TPSA) is 34.9 Å². The van der Waals surface area contributed by atoms with E-state index < -0.39 is 0 Å². The van der Waals surface area contributed by atoms with Crippen molar-refractivity contribution in [2.24, 2.45) is 0 Å². The highest BCUT2D eigenvalue weighted by atomic mass is 79.9. The molecule has 1 aromatic heterocycles. The van der Waals surface area contributed by atoms with Crippen LogP contribution in [0.15, 0.2) is 33.8 Å². The SMILES string of the molecule is O=c1c(Br)c(Cl)ncn1Cc1cccc(Cl)c1Cl. The van der Waals surface area contributed by atoms with E-state index in [2.05, 4.69) is 20.9 Å². The lowest BCUT2D eigenvalue weighted by Gasteiger charge is -2.08. The molecule has 3 nitrogen and oxygen atoms in total. The van der Waals surface area contributed by atoms with Crippen LogP contribution in [0.5, 0.6) is 0 Å². The van der Waals surface area contributed by atoms with Gasteiger partial charge in [0.05, 0.1) is 22.9 Å². The van der Waals surface area contributed by atoms with Gasteiger partial charge in [-0.05, 0) is 27.6 Å². The fourth-order valence-electron chi connectivity index (χ4n) is 1.41. The Morgan fingerprint density at radius 3 is 2.72 bits per heavy atom. The summed E-state index contributed by atoms with van der Waals surface area (Å²) in [7, 11) is 0. The Bertz CT molecular complexity index is 657. The highest BCUT2D eigenvalue weighted by Crippen LogP contribution is 2.26. The number of aromatic nitrogens is 2. The third-order valence-electron chi connectivity index (χ3n) is 2.31. The zero-order valence-electron chi connectivity index (χ0n) is 8.83. The molecule has 0 unspecified atom stereocenters. The van der Waals surface area contributed by atoms with Crippen molar-refractivity contribution in [1.82, 2.24) is 9.55 Å². The van der Waals surface area contributed by atoms with Crippen LogP contribution in [0.3, 0.4) is 0 Å². The molecule has 0 spiro atoms. The van der Waals surface area contributed by atoms with Crippen molar-refractivity contribution < 1.29 is 0 Å². The summed E-state index contributed by atoms with van der Waals surface area (Å²) in [4.78, 5) is 15.8. The summed E-state index contributed by atoms with van der Waals surface area (Å²) in [6.45, 7) is 0.279. The van der Waals surface area contributed by atoms with E-state index in [-0.39, 0.29) is 21.7 Å². The molecule has 94 valence electrons. The Labute approximate surface area is 126 Å². The fraction of sp³-hybridized carbons (Fsp3) is 0.0909. The van der Waals surface area contributed by atoms with E-state index >= 15 is 0 Å². The predicted molar refractivity (Wildman–Crippen MR) is 76.8 cm³/mol. The first-order chi connectivity index (χ1) is 8.50. The second kappa shape index (κ2) is 5.61. The smallest absolute Gasteiger partial charge is 0.269 e. The van der Waals surface area contributed by atoms with Crippen molar-refractivity contribution in [3.8, 4) is 0 Å². The van der Waals surface area contributed by atoms with Crippen LogP contribution >= 0.6 is 50.7 Å². The molecule has 1 heterocycles. The number of benzene rings is 1. The van der Waals surface area contributed by atoms with Gasteiger partial charge in [0.15, 0.2) is 5.15 Å². The monoisotopic (exact) mass is 366 g/mol. The van der Waals surface area contributed by atoms with Gasteiger partial charge >= 0.3 is 0 Å². The van der Waals surface area contributed by atoms with E-state index in [0.717, 1.165) is 5.56 Å². The van der Waals surface area contributed by atoms with Crippen LogP contribution in [-0.4, -0.2) is 9.55 Å². The maximum Gasteiger partial charge on any atom is 0.269 e. The first-order valence-electron chi connectivity index (χ1n) is 4.84. The van der Waals surface area contributed by atoms with Gasteiger partial charge in [0.25, 0.3) is 5.56 Å². The second-order valence-electron chi connectivity index (χ2n) is 3.50. The quantitative estimate of drug-likeness (QED) is 0.751. The maximum absolute atomic E-state index is 11.9. The maximum atomic E-state index is 11.9. The normalized spacial score (nSPS) is 10.7. The average molecular weight is 368 g/mol. The van der Waals surface area contributed by atoms with E-state index in [1.165, 1.54) is 10.9 Å². The van der Waals surface area contributed by atoms with Gasteiger partial charge in [-0.3, -0.25) is 9.36 Å². The van der Waals surface area contributed by atoms with Crippen molar-refractivity contribution in [1.29, 1.82) is 0 Å². The lowest BCUT2D eigenvalue weighted by atomic mass is 10.2. The van der Waals surface area contributed by atoms with Crippen LogP contribution in [-0.2, 0) is 6.54 Å². The highest BCUT2D eigenvalue weighted by Gasteiger charge is 2.10. The molecule has 7 heteroatoms. The third kappa shape index (κ3) is 2.72. The molecule has 0 radical (unpaired) electrons. The second-order valence-corrected chi connectivity index (χ2v) is 5.43. The molecule has 0 bridgehead atoms. The van der Waals surface area contributed by atoms with Crippen LogP contribution in [0.2, 0.25) is 15.2 Å². The molecule has 0 saturated heterocycles. The summed E-state index contributed by atoms with van der Waals surface area (Å²) in [5.74, 6) is 0. The molecule has 0 fully saturated rings. The van der Waals surface area contributed by atoms with Crippen LogP contribution in [0.4, 0.5) is 0 Å². The van der Waals surface area contributed by atoms with Crippen molar-refractivity contribution in [3.05, 3.63) is 60.1 Å². The van der Waals surface area contributed by atoms with E-state index in [1.54, 1.807) is 18.2 Å². The van der Waals surface area contributed by atoms with Crippen LogP contribution in [0.25, 0.3) is 0 Å². The van der Waals surface area contributed by atoms with Crippen molar-refractivity contribution in [3.63, 3.8) is 0 Å². The molecule has 0 aliphatic rings. The zero-order valence-corrected chi connectivity index (χ0v) is 12.7. The van der Waals surface area contributed by atoms with Crippen molar-refractivity contribution in [2.45, 2.75) is 6.54 Å².